The van der Waals surface area contributed by atoms with Gasteiger partial charge in [-0.2, -0.15) is 0 Å². The third-order valence-electron chi connectivity index (χ3n) is 8.21. The summed E-state index contributed by atoms with van der Waals surface area (Å²) in [7, 11) is 0. The van der Waals surface area contributed by atoms with Crippen LogP contribution in [0.5, 0.6) is 0 Å². The van der Waals surface area contributed by atoms with Gasteiger partial charge < -0.3 is 14.4 Å². The topological polar surface area (TPSA) is 45.6 Å². The third kappa shape index (κ3) is 3.83. The monoisotopic (exact) mass is 453 g/mol. The maximum atomic E-state index is 13.4. The van der Waals surface area contributed by atoms with Gasteiger partial charge in [-0.3, -0.25) is 9.59 Å². The second kappa shape index (κ2) is 8.46. The van der Waals surface area contributed by atoms with Crippen LogP contribution in [0.25, 0.3) is 5.69 Å². The van der Waals surface area contributed by atoms with Crippen molar-refractivity contribution in [2.24, 2.45) is 11.3 Å². The van der Waals surface area contributed by atoms with E-state index in [9.17, 15) is 9.59 Å². The summed E-state index contributed by atoms with van der Waals surface area (Å²) in [4.78, 5) is 30.7. The fraction of sp³-hybridized carbons (Fsp3) is 0.379. The summed E-state index contributed by atoms with van der Waals surface area (Å²) in [5.41, 5.74) is 3.14. The third-order valence-corrected chi connectivity index (χ3v) is 8.21. The Kier molecular flexibility index (Phi) is 5.28. The van der Waals surface area contributed by atoms with Crippen molar-refractivity contribution in [1.29, 1.82) is 0 Å². The molecule has 5 nitrogen and oxygen atoms in total. The van der Waals surface area contributed by atoms with E-state index in [0.717, 1.165) is 63.1 Å². The highest BCUT2D eigenvalue weighted by Crippen LogP contribution is 2.50. The normalized spacial score (nSPS) is 23.3. The number of nitrogens with zero attached hydrogens (tertiary/aromatic N) is 3. The van der Waals surface area contributed by atoms with Crippen LogP contribution in [0.15, 0.2) is 79.1 Å². The van der Waals surface area contributed by atoms with Gasteiger partial charge in [0.25, 0.3) is 5.91 Å². The molecule has 3 aliphatic rings. The van der Waals surface area contributed by atoms with Gasteiger partial charge in [0, 0.05) is 44.5 Å². The number of benzene rings is 2. The van der Waals surface area contributed by atoms with Crippen molar-refractivity contribution in [2.75, 3.05) is 26.2 Å². The quantitative estimate of drug-likeness (QED) is 0.573. The van der Waals surface area contributed by atoms with Crippen molar-refractivity contribution >= 4 is 11.8 Å². The minimum atomic E-state index is 0.105. The van der Waals surface area contributed by atoms with E-state index in [1.54, 1.807) is 0 Å². The summed E-state index contributed by atoms with van der Waals surface area (Å²) in [6.45, 7) is 3.24. The lowest BCUT2D eigenvalue weighted by Gasteiger charge is -2.39. The molecule has 2 atom stereocenters. The molecule has 2 aromatic carbocycles. The average molecular weight is 454 g/mol. The molecule has 3 heterocycles. The van der Waals surface area contributed by atoms with Crippen LogP contribution in [-0.2, 0) is 4.79 Å². The Morgan fingerprint density at radius 2 is 1.41 bits per heavy atom. The first-order valence-electron chi connectivity index (χ1n) is 12.5. The van der Waals surface area contributed by atoms with Crippen molar-refractivity contribution in [3.05, 3.63) is 90.3 Å². The van der Waals surface area contributed by atoms with E-state index < -0.39 is 0 Å². The molecule has 1 aromatic heterocycles. The highest BCUT2D eigenvalue weighted by atomic mass is 16.2. The Labute approximate surface area is 201 Å². The number of carbonyl (C=O) groups excluding carboxylic acids is 2. The SMILES string of the molecule is O=C(c1ccccc1-n1cccc1)N1CCC2(CC1)CCN(C(=O)C1CC1c1ccccc1)C2. The zero-order chi connectivity index (χ0) is 23.1. The van der Waals surface area contributed by atoms with Crippen LogP contribution in [0, 0.1) is 11.3 Å². The van der Waals surface area contributed by atoms with Crippen molar-refractivity contribution in [2.45, 2.75) is 31.6 Å². The van der Waals surface area contributed by atoms with Crippen LogP contribution in [0.3, 0.4) is 0 Å². The maximum absolute atomic E-state index is 13.4. The molecular weight excluding hydrogens is 422 g/mol. The second-order valence-electron chi connectivity index (χ2n) is 10.3. The maximum Gasteiger partial charge on any atom is 0.255 e. The first-order valence-corrected chi connectivity index (χ1v) is 12.5. The molecule has 174 valence electrons. The summed E-state index contributed by atoms with van der Waals surface area (Å²) in [5.74, 6) is 0.994. The lowest BCUT2D eigenvalue weighted by Crippen LogP contribution is -2.45. The van der Waals surface area contributed by atoms with E-state index in [4.69, 9.17) is 0 Å². The largest absolute Gasteiger partial charge is 0.342 e. The number of rotatable bonds is 4. The van der Waals surface area contributed by atoms with E-state index >= 15 is 0 Å². The Morgan fingerprint density at radius 1 is 0.765 bits per heavy atom. The molecule has 0 N–H and O–H groups in total. The first-order chi connectivity index (χ1) is 16.6. The molecule has 1 aliphatic carbocycles. The van der Waals surface area contributed by atoms with Crippen LogP contribution in [0.1, 0.15) is 47.5 Å². The molecule has 5 heteroatoms. The summed E-state index contributed by atoms with van der Waals surface area (Å²) in [6.07, 6.45) is 7.94. The van der Waals surface area contributed by atoms with Gasteiger partial charge in [0.1, 0.15) is 0 Å². The van der Waals surface area contributed by atoms with Crippen molar-refractivity contribution < 1.29 is 9.59 Å². The Morgan fingerprint density at radius 3 is 2.15 bits per heavy atom. The number of carbonyl (C=O) groups is 2. The summed E-state index contributed by atoms with van der Waals surface area (Å²) < 4.78 is 2.00. The van der Waals surface area contributed by atoms with Crippen LogP contribution in [0.2, 0.25) is 0 Å². The number of aromatic nitrogens is 1. The molecular formula is C29H31N3O2. The number of piperidine rings is 1. The molecule has 0 bridgehead atoms. The van der Waals surface area contributed by atoms with E-state index in [0.29, 0.717) is 11.8 Å². The van der Waals surface area contributed by atoms with Crippen LogP contribution >= 0.6 is 0 Å². The first kappa shape index (κ1) is 21.2. The van der Waals surface area contributed by atoms with Gasteiger partial charge >= 0.3 is 0 Å². The molecule has 2 unspecified atom stereocenters. The molecule has 1 saturated carbocycles. The molecule has 34 heavy (non-hydrogen) atoms. The minimum Gasteiger partial charge on any atom is -0.342 e. The van der Waals surface area contributed by atoms with Gasteiger partial charge in [-0.25, -0.2) is 0 Å². The Bertz CT molecular complexity index is 1180. The smallest absolute Gasteiger partial charge is 0.255 e. The molecule has 2 saturated heterocycles. The molecule has 2 amide bonds. The van der Waals surface area contributed by atoms with Gasteiger partial charge in [-0.1, -0.05) is 42.5 Å². The number of likely N-dealkylation sites (tertiary alicyclic amines) is 2. The average Bonchev–Trinajstić information content (AvgIpc) is 3.29. The second-order valence-corrected chi connectivity index (χ2v) is 10.3. The van der Waals surface area contributed by atoms with E-state index in [2.05, 4.69) is 29.2 Å². The molecule has 3 fully saturated rings. The highest BCUT2D eigenvalue weighted by molar-refractivity contribution is 5.98. The number of amides is 2. The fourth-order valence-electron chi connectivity index (χ4n) is 6.03. The van der Waals surface area contributed by atoms with Crippen molar-refractivity contribution in [3.8, 4) is 5.69 Å². The minimum absolute atomic E-state index is 0.105. The summed E-state index contributed by atoms with van der Waals surface area (Å²) in [6, 6.07) is 22.2. The number of hydrogen-bond acceptors (Lipinski definition) is 2. The molecule has 1 spiro atoms. The Balaban J connectivity index is 1.08. The predicted octanol–water partition coefficient (Wildman–Crippen LogP) is 4.74. The van der Waals surface area contributed by atoms with Gasteiger partial charge in [-0.05, 0) is 66.8 Å². The van der Waals surface area contributed by atoms with Crippen LogP contribution in [0.4, 0.5) is 0 Å². The zero-order valence-electron chi connectivity index (χ0n) is 19.5. The van der Waals surface area contributed by atoms with Gasteiger partial charge in [0.15, 0.2) is 0 Å². The predicted molar refractivity (Wildman–Crippen MR) is 132 cm³/mol. The van der Waals surface area contributed by atoms with Gasteiger partial charge in [-0.15, -0.1) is 0 Å². The van der Waals surface area contributed by atoms with Crippen LogP contribution < -0.4 is 0 Å². The summed E-state index contributed by atoms with van der Waals surface area (Å²) in [5, 5.41) is 0. The fourth-order valence-corrected chi connectivity index (χ4v) is 6.03. The number of para-hydroxylation sites is 1. The lowest BCUT2D eigenvalue weighted by atomic mass is 9.77. The van der Waals surface area contributed by atoms with Crippen molar-refractivity contribution in [1.82, 2.24) is 14.4 Å². The molecule has 2 aliphatic heterocycles. The summed E-state index contributed by atoms with van der Waals surface area (Å²) >= 11 is 0. The number of hydrogen-bond donors (Lipinski definition) is 0. The van der Waals surface area contributed by atoms with Crippen LogP contribution in [-0.4, -0.2) is 52.4 Å². The van der Waals surface area contributed by atoms with Crippen molar-refractivity contribution in [3.63, 3.8) is 0 Å². The molecule has 6 rings (SSSR count). The van der Waals surface area contributed by atoms with E-state index in [-0.39, 0.29) is 17.2 Å². The molecule has 3 aromatic rings. The molecule has 0 radical (unpaired) electrons. The van der Waals surface area contributed by atoms with Gasteiger partial charge in [0.05, 0.1) is 11.3 Å². The van der Waals surface area contributed by atoms with E-state index in [1.807, 2.05) is 64.3 Å². The Hall–Kier alpha value is -3.34. The zero-order valence-corrected chi connectivity index (χ0v) is 19.5. The van der Waals surface area contributed by atoms with Gasteiger partial charge in [0.2, 0.25) is 5.91 Å². The van der Waals surface area contributed by atoms with E-state index in [1.165, 1.54) is 5.56 Å². The lowest BCUT2D eigenvalue weighted by molar-refractivity contribution is -0.132. The highest BCUT2D eigenvalue weighted by Gasteiger charge is 2.49. The standard InChI is InChI=1S/C29H31N3O2/c33-27(23-10-4-5-11-26(23)30-15-6-7-16-30)31-17-12-29(13-18-31)14-19-32(21-29)28(34)25-20-24(25)22-8-2-1-3-9-22/h1-11,15-16,24-25H,12-14,17-21H2.